The maximum Gasteiger partial charge on any atom is 0.228 e. The van der Waals surface area contributed by atoms with Crippen molar-refractivity contribution in [2.45, 2.75) is 12.8 Å². The number of amides is 1. The normalized spacial score (nSPS) is 20.9. The highest BCUT2D eigenvalue weighted by Gasteiger charge is 2.29. The van der Waals surface area contributed by atoms with Gasteiger partial charge >= 0.3 is 0 Å². The number of carbonyl (C=O) groups excluding carboxylic acids is 2. The van der Waals surface area contributed by atoms with Crippen molar-refractivity contribution in [3.8, 4) is 0 Å². The van der Waals surface area contributed by atoms with E-state index in [9.17, 15) is 14.7 Å². The molecule has 112 valence electrons. The second-order valence-electron chi connectivity index (χ2n) is 5.41. The minimum atomic E-state index is -1.16. The predicted molar refractivity (Wildman–Crippen MR) is 79.8 cm³/mol. The Morgan fingerprint density at radius 1 is 1.10 bits per heavy atom. The quantitative estimate of drug-likeness (QED) is 0.839. The van der Waals surface area contributed by atoms with Gasteiger partial charge in [0, 0.05) is 37.4 Å². The van der Waals surface area contributed by atoms with E-state index in [1.165, 1.54) is 0 Å². The van der Waals surface area contributed by atoms with Crippen LogP contribution in [0.5, 0.6) is 0 Å². The Bertz CT molecular complexity index is 549. The van der Waals surface area contributed by atoms with Crippen molar-refractivity contribution in [1.29, 1.82) is 0 Å². The number of rotatable bonds is 4. The lowest BCUT2D eigenvalue weighted by molar-refractivity contribution is -0.313. The monoisotopic (exact) mass is 287 g/mol. The Morgan fingerprint density at radius 2 is 1.67 bits per heavy atom. The molecule has 5 heteroatoms. The van der Waals surface area contributed by atoms with E-state index in [-0.39, 0.29) is 5.91 Å². The Balaban J connectivity index is 2.06. The van der Waals surface area contributed by atoms with Gasteiger partial charge in [-0.1, -0.05) is 12.2 Å². The van der Waals surface area contributed by atoms with Crippen LogP contribution in [0.4, 0.5) is 11.4 Å². The van der Waals surface area contributed by atoms with Crippen LogP contribution in [0.3, 0.4) is 0 Å². The highest BCUT2D eigenvalue weighted by Crippen LogP contribution is 2.27. The molecule has 1 aromatic rings. The lowest BCUT2D eigenvalue weighted by Crippen LogP contribution is -2.41. The van der Waals surface area contributed by atoms with Gasteiger partial charge in [-0.3, -0.25) is 4.79 Å². The molecule has 0 heterocycles. The zero-order chi connectivity index (χ0) is 15.4. The average molecular weight is 287 g/mol. The molecule has 5 nitrogen and oxygen atoms in total. The molecule has 1 aliphatic carbocycles. The molecule has 0 fully saturated rings. The van der Waals surface area contributed by atoms with Crippen molar-refractivity contribution in [3.63, 3.8) is 0 Å². The summed E-state index contributed by atoms with van der Waals surface area (Å²) in [6.07, 6.45) is 4.41. The minimum Gasteiger partial charge on any atom is -0.550 e. The summed E-state index contributed by atoms with van der Waals surface area (Å²) in [6.45, 7) is 0. The lowest BCUT2D eigenvalue weighted by Gasteiger charge is -2.28. The van der Waals surface area contributed by atoms with Gasteiger partial charge in [-0.05, 0) is 37.1 Å². The third-order valence-electron chi connectivity index (χ3n) is 3.72. The molecule has 0 aliphatic heterocycles. The van der Waals surface area contributed by atoms with Crippen LogP contribution in [0.25, 0.3) is 0 Å². The zero-order valence-electron chi connectivity index (χ0n) is 12.2. The Hall–Kier alpha value is -2.30. The zero-order valence-corrected chi connectivity index (χ0v) is 12.2. The van der Waals surface area contributed by atoms with Crippen LogP contribution >= 0.6 is 0 Å². The number of carbonyl (C=O) groups is 2. The first-order valence-corrected chi connectivity index (χ1v) is 6.93. The number of carboxylic acids is 1. The smallest absolute Gasteiger partial charge is 0.228 e. The van der Waals surface area contributed by atoms with Gasteiger partial charge in [0.2, 0.25) is 5.91 Å². The summed E-state index contributed by atoms with van der Waals surface area (Å²) in [7, 11) is 3.87. The third kappa shape index (κ3) is 3.62. The maximum absolute atomic E-state index is 12.3. The van der Waals surface area contributed by atoms with Crippen LogP contribution in [-0.4, -0.2) is 26.0 Å². The number of hydrogen-bond donors (Lipinski definition) is 1. The molecule has 1 aliphatic rings. The van der Waals surface area contributed by atoms with E-state index in [1.54, 1.807) is 18.2 Å². The summed E-state index contributed by atoms with van der Waals surface area (Å²) in [6, 6.07) is 7.40. The number of aliphatic carboxylic acids is 1. The van der Waals surface area contributed by atoms with Crippen LogP contribution in [0, 0.1) is 11.8 Å². The molecule has 21 heavy (non-hydrogen) atoms. The Kier molecular flexibility index (Phi) is 4.62. The van der Waals surface area contributed by atoms with Crippen LogP contribution < -0.4 is 15.3 Å². The molecule has 2 unspecified atom stereocenters. The fourth-order valence-corrected chi connectivity index (χ4v) is 2.44. The van der Waals surface area contributed by atoms with Crippen molar-refractivity contribution in [2.24, 2.45) is 11.8 Å². The van der Waals surface area contributed by atoms with Gasteiger partial charge < -0.3 is 20.1 Å². The van der Waals surface area contributed by atoms with Crippen LogP contribution in [0.2, 0.25) is 0 Å². The Labute approximate surface area is 124 Å². The van der Waals surface area contributed by atoms with Gasteiger partial charge in [0.1, 0.15) is 0 Å². The topological polar surface area (TPSA) is 72.5 Å². The van der Waals surface area contributed by atoms with Crippen molar-refractivity contribution < 1.29 is 14.7 Å². The SMILES string of the molecule is CN(C)c1ccc(NC(=O)C2CC=CCC2C(=O)[O-])cc1. The number of anilines is 2. The van der Waals surface area contributed by atoms with Crippen molar-refractivity contribution in [2.75, 3.05) is 24.3 Å². The Morgan fingerprint density at radius 3 is 2.19 bits per heavy atom. The standard InChI is InChI=1S/C16H20N2O3/c1-18(2)12-9-7-11(8-10-12)17-15(19)13-5-3-4-6-14(13)16(20)21/h3-4,7-10,13-14H,5-6H2,1-2H3,(H,17,19)(H,20,21)/p-1. The molecule has 0 radical (unpaired) electrons. The largest absolute Gasteiger partial charge is 0.550 e. The molecule has 0 spiro atoms. The molecule has 0 aromatic heterocycles. The van der Waals surface area contributed by atoms with Crippen molar-refractivity contribution in [3.05, 3.63) is 36.4 Å². The highest BCUT2D eigenvalue weighted by molar-refractivity contribution is 5.95. The molecular formula is C16H19N2O3-. The van der Waals surface area contributed by atoms with E-state index in [0.717, 1.165) is 5.69 Å². The summed E-state index contributed by atoms with van der Waals surface area (Å²) >= 11 is 0. The molecule has 1 amide bonds. The van der Waals surface area contributed by atoms with Crippen molar-refractivity contribution >= 4 is 23.3 Å². The predicted octanol–water partition coefficient (Wildman–Crippen LogP) is 1.02. The molecule has 1 aromatic carbocycles. The third-order valence-corrected chi connectivity index (χ3v) is 3.72. The highest BCUT2D eigenvalue weighted by atomic mass is 16.4. The minimum absolute atomic E-state index is 0.272. The summed E-state index contributed by atoms with van der Waals surface area (Å²) in [5.74, 6) is -2.77. The van der Waals surface area contributed by atoms with E-state index >= 15 is 0 Å². The maximum atomic E-state index is 12.3. The first-order chi connectivity index (χ1) is 9.99. The van der Waals surface area contributed by atoms with Crippen molar-refractivity contribution in [1.82, 2.24) is 0 Å². The summed E-state index contributed by atoms with van der Waals surface area (Å²) in [5, 5.41) is 13.9. The van der Waals surface area contributed by atoms with Gasteiger partial charge in [0.05, 0.1) is 5.92 Å². The first-order valence-electron chi connectivity index (χ1n) is 6.93. The molecule has 0 saturated heterocycles. The van der Waals surface area contributed by atoms with Gasteiger partial charge in [-0.25, -0.2) is 0 Å². The number of benzene rings is 1. The molecule has 2 atom stereocenters. The lowest BCUT2D eigenvalue weighted by atomic mass is 9.82. The second-order valence-corrected chi connectivity index (χ2v) is 5.41. The number of hydrogen-bond acceptors (Lipinski definition) is 4. The summed E-state index contributed by atoms with van der Waals surface area (Å²) in [4.78, 5) is 25.3. The molecule has 0 bridgehead atoms. The fraction of sp³-hybridized carbons (Fsp3) is 0.375. The van der Waals surface area contributed by atoms with E-state index in [1.807, 2.05) is 37.2 Å². The van der Waals surface area contributed by atoms with Crippen LogP contribution in [0.1, 0.15) is 12.8 Å². The summed E-state index contributed by atoms with van der Waals surface area (Å²) < 4.78 is 0. The van der Waals surface area contributed by atoms with Gasteiger partial charge in [0.25, 0.3) is 0 Å². The molecule has 0 saturated carbocycles. The van der Waals surface area contributed by atoms with Crippen LogP contribution in [0.15, 0.2) is 36.4 Å². The fourth-order valence-electron chi connectivity index (χ4n) is 2.44. The summed E-state index contributed by atoms with van der Waals surface area (Å²) in [5.41, 5.74) is 1.69. The van der Waals surface area contributed by atoms with Crippen LogP contribution in [-0.2, 0) is 9.59 Å². The molecular weight excluding hydrogens is 268 g/mol. The van der Waals surface area contributed by atoms with E-state index in [4.69, 9.17) is 0 Å². The second kappa shape index (κ2) is 6.43. The van der Waals surface area contributed by atoms with E-state index in [2.05, 4.69) is 5.32 Å². The van der Waals surface area contributed by atoms with E-state index in [0.29, 0.717) is 18.5 Å². The van der Waals surface area contributed by atoms with Gasteiger partial charge in [0.15, 0.2) is 0 Å². The number of allylic oxidation sites excluding steroid dienone is 2. The number of carboxylic acid groups (broad SMARTS) is 1. The van der Waals surface area contributed by atoms with Gasteiger partial charge in [-0.2, -0.15) is 0 Å². The number of nitrogens with zero attached hydrogens (tertiary/aromatic N) is 1. The van der Waals surface area contributed by atoms with Gasteiger partial charge in [-0.15, -0.1) is 0 Å². The first kappa shape index (κ1) is 15.1. The molecule has 1 N–H and O–H groups in total. The number of nitrogens with one attached hydrogen (secondary N) is 1. The molecule has 2 rings (SSSR count). The average Bonchev–Trinajstić information content (AvgIpc) is 2.47. The van der Waals surface area contributed by atoms with E-state index < -0.39 is 17.8 Å².